The second-order valence-corrected chi connectivity index (χ2v) is 24.1. The quantitative estimate of drug-likeness (QED) is 0.0139. The first kappa shape index (κ1) is 64.8. The normalized spacial score (nSPS) is 16.7. The van der Waals surface area contributed by atoms with E-state index >= 15 is 0 Å². The van der Waals surface area contributed by atoms with Gasteiger partial charge in [-0.3, -0.25) is 23.9 Å². The number of amides is 2. The van der Waals surface area contributed by atoms with Gasteiger partial charge in [-0.2, -0.15) is 5.26 Å². The Labute approximate surface area is 528 Å². The lowest BCUT2D eigenvalue weighted by atomic mass is 9.77. The molecule has 21 nitrogen and oxygen atoms in total. The van der Waals surface area contributed by atoms with Crippen molar-refractivity contribution in [2.75, 3.05) is 40.5 Å². The molecule has 0 aliphatic carbocycles. The molecular formula is C69H73N6O15P. The van der Waals surface area contributed by atoms with Crippen molar-refractivity contribution in [3.63, 3.8) is 0 Å². The number of unbranched alkanes of at least 4 members (excludes halogenated alkanes) is 2. The minimum atomic E-state index is -1.80. The van der Waals surface area contributed by atoms with Crippen LogP contribution in [-0.2, 0) is 39.3 Å². The number of aromatic nitrogens is 2. The van der Waals surface area contributed by atoms with Crippen LogP contribution in [0.1, 0.15) is 132 Å². The Morgan fingerprint density at radius 2 is 1.44 bits per heavy atom. The van der Waals surface area contributed by atoms with E-state index in [0.29, 0.717) is 54.0 Å². The number of carbonyl (C=O) groups is 3. The zero-order valence-corrected chi connectivity index (χ0v) is 52.3. The molecule has 91 heavy (non-hydrogen) atoms. The van der Waals surface area contributed by atoms with E-state index in [1.165, 1.54) is 47.2 Å². The van der Waals surface area contributed by atoms with Crippen molar-refractivity contribution >= 4 is 32.4 Å². The van der Waals surface area contributed by atoms with Gasteiger partial charge in [0.25, 0.3) is 20.0 Å². The van der Waals surface area contributed by atoms with Gasteiger partial charge in [-0.25, -0.2) is 14.3 Å². The Bertz CT molecular complexity index is 3830. The molecule has 3 aliphatic rings. The van der Waals surface area contributed by atoms with E-state index in [9.17, 15) is 39.4 Å². The predicted molar refractivity (Wildman–Crippen MR) is 339 cm³/mol. The van der Waals surface area contributed by atoms with Crippen LogP contribution < -0.4 is 36.1 Å². The molecule has 2 unspecified atom stereocenters. The van der Waals surface area contributed by atoms with E-state index in [-0.39, 0.29) is 96.7 Å². The second kappa shape index (κ2) is 28.8. The molecule has 7 aromatic rings. The summed E-state index contributed by atoms with van der Waals surface area (Å²) in [4.78, 5) is 69.6. The lowest BCUT2D eigenvalue weighted by Gasteiger charge is -2.39. The average molecular weight is 1260 g/mol. The molecule has 0 bridgehead atoms. The van der Waals surface area contributed by atoms with Crippen LogP contribution in [0, 0.1) is 11.3 Å². The highest BCUT2D eigenvalue weighted by Gasteiger charge is 2.54. The SMILES string of the molecule is COc1ccc(C(OC[C@H]2O[C@@H](n3cc(/C=C/CNC(=O)CCCCCNC(=O)c4ccc5c(c4)C(=O)OC54c5ccc(O)cc5Oc5cc(O)ccc54)c(=O)[nH]c3=O)CC2OP(OCCC#N)N(C(C)C)C(C)C)(c2ccccc2)c2ccc(OC)cc2)cc1. The van der Waals surface area contributed by atoms with Gasteiger partial charge in [0.15, 0.2) is 5.60 Å². The highest BCUT2D eigenvalue weighted by Crippen LogP contribution is 2.57. The van der Waals surface area contributed by atoms with Crippen molar-refractivity contribution in [2.24, 2.45) is 0 Å². The number of nitrogens with one attached hydrogen (secondary N) is 3. The molecule has 0 saturated carbocycles. The van der Waals surface area contributed by atoms with Crippen LogP contribution in [0.2, 0.25) is 0 Å². The number of benzene rings is 6. The molecule has 1 fully saturated rings. The molecule has 4 atom stereocenters. The highest BCUT2D eigenvalue weighted by atomic mass is 31.2. The van der Waals surface area contributed by atoms with Gasteiger partial charge >= 0.3 is 11.7 Å². The standard InChI is InChI=1S/C69H73N6O15P/c1-43(2)75(44(3)4)91(86-36-14-33-70)90-60-40-63(88-61(60)42-85-68(47-16-9-7-10-17-47,48-20-26-52(83-5)27-21-48)49-22-28-53(84-6)29-23-49)74-41-46(65(80)73-67(74)82)15-13-35-71-62(78)18-11-8-12-34-72-64(79)45-19-30-55-54(37-45)66(81)89-69(55)56-31-24-50(76)38-58(56)87-59-39-51(77)25-32-57(59)69/h7,9-10,13,15-17,19-32,37-39,41,43-44,60-61,63,76-77H,8,11-12,14,18,34-36,40,42H2,1-6H3,(H,71,78)(H,72,79)(H,73,80,82)/b15-13+/t60?,61-,63-,91?/m1/s1. The van der Waals surface area contributed by atoms with Gasteiger partial charge in [-0.1, -0.05) is 79.2 Å². The molecular weight excluding hydrogens is 1180 g/mol. The number of hydrogen-bond donors (Lipinski definition) is 5. The van der Waals surface area contributed by atoms with Gasteiger partial charge < -0.3 is 58.3 Å². The smallest absolute Gasteiger partial charge is 0.340 e. The van der Waals surface area contributed by atoms with Crippen LogP contribution in [0.3, 0.4) is 0 Å². The minimum absolute atomic E-state index is 0.0203. The summed E-state index contributed by atoms with van der Waals surface area (Å²) in [5.74, 6) is 0.389. The fourth-order valence-electron chi connectivity index (χ4n) is 11.8. The first-order valence-corrected chi connectivity index (χ1v) is 31.3. The molecule has 1 aromatic heterocycles. The molecule has 1 spiro atoms. The zero-order valence-electron chi connectivity index (χ0n) is 51.4. The van der Waals surface area contributed by atoms with Gasteiger partial charge in [0.2, 0.25) is 5.91 Å². The first-order chi connectivity index (χ1) is 44.0. The Hall–Kier alpha value is -9.13. The molecule has 22 heteroatoms. The lowest BCUT2D eigenvalue weighted by molar-refractivity contribution is -0.121. The number of hydrogen-bond acceptors (Lipinski definition) is 17. The van der Waals surface area contributed by atoms with Crippen LogP contribution in [0.4, 0.5) is 0 Å². The Morgan fingerprint density at radius 1 is 0.813 bits per heavy atom. The summed E-state index contributed by atoms with van der Waals surface area (Å²) in [6.07, 6.45) is 4.23. The highest BCUT2D eigenvalue weighted by molar-refractivity contribution is 7.44. The summed E-state index contributed by atoms with van der Waals surface area (Å²) in [6, 6.07) is 40.9. The number of aromatic hydroxyl groups is 2. The molecule has 2 amide bonds. The molecule has 3 aliphatic heterocycles. The van der Waals surface area contributed by atoms with E-state index in [0.717, 1.165) is 16.7 Å². The number of H-pyrrole nitrogens is 1. The van der Waals surface area contributed by atoms with Crippen LogP contribution in [-0.4, -0.2) is 107 Å². The molecule has 1 saturated heterocycles. The summed E-state index contributed by atoms with van der Waals surface area (Å²) < 4.78 is 54.3. The summed E-state index contributed by atoms with van der Waals surface area (Å²) >= 11 is 0. The van der Waals surface area contributed by atoms with Gasteiger partial charge in [-0.15, -0.1) is 0 Å². The largest absolute Gasteiger partial charge is 0.508 e. The van der Waals surface area contributed by atoms with Crippen molar-refractivity contribution in [3.8, 4) is 40.6 Å². The van der Waals surface area contributed by atoms with Gasteiger partial charge in [-0.05, 0) is 118 Å². The minimum Gasteiger partial charge on any atom is -0.508 e. The average Bonchev–Trinajstić information content (AvgIpc) is 1.61. The Balaban J connectivity index is 0.785. The summed E-state index contributed by atoms with van der Waals surface area (Å²) in [6.45, 7) is 8.62. The topological polar surface area (TPSA) is 271 Å². The van der Waals surface area contributed by atoms with Crippen LogP contribution in [0.25, 0.3) is 6.08 Å². The van der Waals surface area contributed by atoms with Crippen LogP contribution >= 0.6 is 8.53 Å². The van der Waals surface area contributed by atoms with Crippen molar-refractivity contribution in [1.29, 1.82) is 5.26 Å². The van der Waals surface area contributed by atoms with Crippen molar-refractivity contribution in [3.05, 3.63) is 217 Å². The maximum Gasteiger partial charge on any atom is 0.340 e. The number of carbonyl (C=O) groups excluding carboxylic acids is 3. The molecule has 4 heterocycles. The number of nitriles is 1. The zero-order chi connectivity index (χ0) is 64.4. The van der Waals surface area contributed by atoms with Crippen molar-refractivity contribution in [2.45, 2.75) is 108 Å². The predicted octanol–water partition coefficient (Wildman–Crippen LogP) is 10.6. The van der Waals surface area contributed by atoms with E-state index in [1.54, 1.807) is 44.6 Å². The first-order valence-electron chi connectivity index (χ1n) is 30.2. The maximum atomic E-state index is 13.9. The van der Waals surface area contributed by atoms with Gasteiger partial charge in [0.1, 0.15) is 52.4 Å². The summed E-state index contributed by atoms with van der Waals surface area (Å²) in [7, 11) is 1.41. The molecule has 6 aromatic carbocycles. The third-order valence-corrected chi connectivity index (χ3v) is 18.3. The number of rotatable bonds is 27. The number of phenols is 2. The monoisotopic (exact) mass is 1260 g/mol. The van der Waals surface area contributed by atoms with Gasteiger partial charge in [0.05, 0.1) is 57.2 Å². The number of fused-ring (bicyclic) bond motifs is 6. The van der Waals surface area contributed by atoms with Crippen LogP contribution in [0.5, 0.6) is 34.5 Å². The van der Waals surface area contributed by atoms with E-state index in [2.05, 4.69) is 26.4 Å². The third-order valence-electron chi connectivity index (χ3n) is 16.1. The van der Waals surface area contributed by atoms with Crippen molar-refractivity contribution < 1.29 is 62.1 Å². The number of nitrogens with zero attached hydrogens (tertiary/aromatic N) is 3. The number of aromatic amines is 1. The van der Waals surface area contributed by atoms with Crippen molar-refractivity contribution in [1.82, 2.24) is 24.9 Å². The fourth-order valence-corrected chi connectivity index (χ4v) is 13.6. The third kappa shape index (κ3) is 14.0. The lowest BCUT2D eigenvalue weighted by Crippen LogP contribution is -2.39. The Kier molecular flexibility index (Phi) is 20.5. The number of ether oxygens (including phenoxy) is 6. The van der Waals surface area contributed by atoms with E-state index in [4.69, 9.17) is 37.5 Å². The number of methoxy groups -OCH3 is 2. The number of esters is 1. The van der Waals surface area contributed by atoms with E-state index < -0.39 is 61.3 Å². The maximum absolute atomic E-state index is 13.9. The summed E-state index contributed by atoms with van der Waals surface area (Å²) in [5, 5.41) is 35.7. The number of phenolic OH excluding ortho intramolecular Hbond substituents is 2. The molecule has 10 rings (SSSR count). The van der Waals surface area contributed by atoms with Crippen LogP contribution in [0.15, 0.2) is 155 Å². The van der Waals surface area contributed by atoms with E-state index in [1.807, 2.05) is 107 Å². The van der Waals surface area contributed by atoms with Gasteiger partial charge in [0, 0.05) is 78.6 Å². The fraction of sp³-hybridized carbons (Fsp3) is 0.333. The molecule has 5 N–H and O–H groups in total. The second-order valence-electron chi connectivity index (χ2n) is 22.7. The molecule has 474 valence electrons. The summed E-state index contributed by atoms with van der Waals surface area (Å²) in [5.41, 5.74) is 0.331. The Morgan fingerprint density at radius 3 is 2.05 bits per heavy atom. The molecule has 0 radical (unpaired) electrons.